The third-order valence-corrected chi connectivity index (χ3v) is 4.06. The molecule has 0 aromatic heterocycles. The molecule has 0 spiro atoms. The molecule has 1 saturated carbocycles. The number of aryl methyl sites for hydroxylation is 1. The van der Waals surface area contributed by atoms with Gasteiger partial charge in [0.15, 0.2) is 11.5 Å². The van der Waals surface area contributed by atoms with E-state index >= 15 is 0 Å². The zero-order chi connectivity index (χ0) is 12.0. The second-order valence-electron chi connectivity index (χ2n) is 5.26. The zero-order valence-electron chi connectivity index (χ0n) is 10.5. The summed E-state index contributed by atoms with van der Waals surface area (Å²) >= 11 is 0. The van der Waals surface area contributed by atoms with Crippen LogP contribution in [0.25, 0.3) is 0 Å². The van der Waals surface area contributed by atoms with Gasteiger partial charge in [0, 0.05) is 11.5 Å². The fraction of sp³-hybridized carbons (Fsp3) is 0.571. The van der Waals surface area contributed by atoms with Gasteiger partial charge in [-0.1, -0.05) is 6.07 Å². The minimum absolute atomic E-state index is 0.181. The first-order valence-electron chi connectivity index (χ1n) is 6.30. The smallest absolute Gasteiger partial charge is 0.164 e. The average molecular weight is 233 g/mol. The highest BCUT2D eigenvalue weighted by Gasteiger charge is 2.48. The molecule has 0 bridgehead atoms. The van der Waals surface area contributed by atoms with Crippen molar-refractivity contribution < 1.29 is 9.47 Å². The van der Waals surface area contributed by atoms with E-state index in [1.165, 1.54) is 18.4 Å². The van der Waals surface area contributed by atoms with Crippen LogP contribution in [-0.2, 0) is 5.41 Å². The number of fused-ring (bicyclic) bond motifs is 1. The van der Waals surface area contributed by atoms with Crippen LogP contribution in [-0.4, -0.2) is 19.3 Å². The van der Waals surface area contributed by atoms with E-state index in [-0.39, 0.29) is 11.5 Å². The summed E-state index contributed by atoms with van der Waals surface area (Å²) < 4.78 is 11.3. The Balaban J connectivity index is 2.05. The van der Waals surface area contributed by atoms with Gasteiger partial charge in [-0.3, -0.25) is 0 Å². The van der Waals surface area contributed by atoms with Crippen LogP contribution >= 0.6 is 0 Å². The van der Waals surface area contributed by atoms with Crippen molar-refractivity contribution in [1.29, 1.82) is 0 Å². The van der Waals surface area contributed by atoms with E-state index in [9.17, 15) is 0 Å². The number of hydrogen-bond acceptors (Lipinski definition) is 3. The molecule has 0 radical (unpaired) electrons. The molecule has 2 N–H and O–H groups in total. The molecule has 1 aromatic carbocycles. The van der Waals surface area contributed by atoms with Gasteiger partial charge in [0.2, 0.25) is 0 Å². The third-order valence-electron chi connectivity index (χ3n) is 4.06. The summed E-state index contributed by atoms with van der Waals surface area (Å²) in [7, 11) is 0. The minimum Gasteiger partial charge on any atom is -0.486 e. The van der Waals surface area contributed by atoms with Gasteiger partial charge in [0.25, 0.3) is 0 Å². The van der Waals surface area contributed by atoms with Gasteiger partial charge in [-0.05, 0) is 43.9 Å². The van der Waals surface area contributed by atoms with Crippen molar-refractivity contribution in [2.24, 2.45) is 5.73 Å². The lowest BCUT2D eigenvalue weighted by Crippen LogP contribution is -2.31. The monoisotopic (exact) mass is 233 g/mol. The standard InChI is InChI=1S/C14H19NO2/c1-9-7-11(14(3-4-14)10(2)15)8-12-13(9)17-6-5-16-12/h7-8,10H,3-6,15H2,1-2H3. The Labute approximate surface area is 102 Å². The fourth-order valence-electron chi connectivity index (χ4n) is 2.76. The molecule has 3 nitrogen and oxygen atoms in total. The Morgan fingerprint density at radius 2 is 1.94 bits per heavy atom. The summed E-state index contributed by atoms with van der Waals surface area (Å²) in [4.78, 5) is 0. The van der Waals surface area contributed by atoms with Crippen molar-refractivity contribution in [3.63, 3.8) is 0 Å². The maximum absolute atomic E-state index is 6.12. The summed E-state index contributed by atoms with van der Waals surface area (Å²) in [6.45, 7) is 5.46. The van der Waals surface area contributed by atoms with Crippen molar-refractivity contribution >= 4 is 0 Å². The van der Waals surface area contributed by atoms with E-state index in [1.807, 2.05) is 0 Å². The lowest BCUT2D eigenvalue weighted by molar-refractivity contribution is 0.170. The zero-order valence-corrected chi connectivity index (χ0v) is 10.5. The maximum Gasteiger partial charge on any atom is 0.164 e. The largest absolute Gasteiger partial charge is 0.486 e. The molecule has 1 aliphatic heterocycles. The number of rotatable bonds is 2. The predicted octanol–water partition coefficient (Wildman–Crippen LogP) is 2.15. The molecule has 1 aliphatic carbocycles. The minimum atomic E-state index is 0.181. The second kappa shape index (κ2) is 3.64. The molecule has 1 fully saturated rings. The SMILES string of the molecule is Cc1cc(C2(C(C)N)CC2)cc2c1OCCO2. The Morgan fingerprint density at radius 1 is 1.24 bits per heavy atom. The van der Waals surface area contributed by atoms with Crippen LogP contribution in [0.5, 0.6) is 11.5 Å². The highest BCUT2D eigenvalue weighted by molar-refractivity contribution is 5.53. The quantitative estimate of drug-likeness (QED) is 0.851. The van der Waals surface area contributed by atoms with Gasteiger partial charge in [0.1, 0.15) is 13.2 Å². The molecule has 1 atom stereocenters. The summed E-state index contributed by atoms with van der Waals surface area (Å²) in [6.07, 6.45) is 2.37. The van der Waals surface area contributed by atoms with E-state index in [2.05, 4.69) is 26.0 Å². The van der Waals surface area contributed by atoms with Crippen molar-refractivity contribution in [2.75, 3.05) is 13.2 Å². The molecular formula is C14H19NO2. The van der Waals surface area contributed by atoms with Crippen LogP contribution in [0.4, 0.5) is 0 Å². The Bertz CT molecular complexity index is 450. The van der Waals surface area contributed by atoms with Crippen molar-refractivity contribution in [2.45, 2.75) is 38.1 Å². The van der Waals surface area contributed by atoms with Gasteiger partial charge in [0.05, 0.1) is 0 Å². The van der Waals surface area contributed by atoms with Crippen LogP contribution in [0.2, 0.25) is 0 Å². The van der Waals surface area contributed by atoms with Crippen molar-refractivity contribution in [3.8, 4) is 11.5 Å². The summed E-state index contributed by atoms with van der Waals surface area (Å²) in [5.41, 5.74) is 8.77. The molecule has 17 heavy (non-hydrogen) atoms. The summed E-state index contributed by atoms with van der Waals surface area (Å²) in [6, 6.07) is 4.53. The van der Waals surface area contributed by atoms with E-state index in [1.54, 1.807) is 0 Å². The highest BCUT2D eigenvalue weighted by atomic mass is 16.6. The molecule has 1 heterocycles. The summed E-state index contributed by atoms with van der Waals surface area (Å²) in [5, 5.41) is 0. The first-order chi connectivity index (χ1) is 8.13. The van der Waals surface area contributed by atoms with Gasteiger partial charge in [-0.2, -0.15) is 0 Å². The van der Waals surface area contributed by atoms with Gasteiger partial charge in [-0.25, -0.2) is 0 Å². The van der Waals surface area contributed by atoms with Crippen LogP contribution in [0.3, 0.4) is 0 Å². The third kappa shape index (κ3) is 1.61. The lowest BCUT2D eigenvalue weighted by Gasteiger charge is -2.25. The van der Waals surface area contributed by atoms with Gasteiger partial charge in [-0.15, -0.1) is 0 Å². The van der Waals surface area contributed by atoms with Gasteiger partial charge < -0.3 is 15.2 Å². The first kappa shape index (κ1) is 10.9. The van der Waals surface area contributed by atoms with Crippen LogP contribution in [0.1, 0.15) is 30.9 Å². The van der Waals surface area contributed by atoms with Gasteiger partial charge >= 0.3 is 0 Å². The Kier molecular flexibility index (Phi) is 2.33. The molecule has 3 rings (SSSR count). The van der Waals surface area contributed by atoms with E-state index in [0.717, 1.165) is 17.1 Å². The molecular weight excluding hydrogens is 214 g/mol. The molecule has 92 valence electrons. The number of hydrogen-bond donors (Lipinski definition) is 1. The molecule has 0 saturated heterocycles. The van der Waals surface area contributed by atoms with Crippen molar-refractivity contribution in [1.82, 2.24) is 0 Å². The molecule has 2 aliphatic rings. The topological polar surface area (TPSA) is 44.5 Å². The number of benzene rings is 1. The fourth-order valence-corrected chi connectivity index (χ4v) is 2.76. The molecule has 0 amide bonds. The Hall–Kier alpha value is -1.22. The van der Waals surface area contributed by atoms with Crippen LogP contribution < -0.4 is 15.2 Å². The predicted molar refractivity (Wildman–Crippen MR) is 66.7 cm³/mol. The molecule has 3 heteroatoms. The van der Waals surface area contributed by atoms with Crippen LogP contribution in [0, 0.1) is 6.92 Å². The van der Waals surface area contributed by atoms with E-state index < -0.39 is 0 Å². The number of ether oxygens (including phenoxy) is 2. The normalized spacial score (nSPS) is 22.1. The molecule has 1 aromatic rings. The van der Waals surface area contributed by atoms with Crippen LogP contribution in [0.15, 0.2) is 12.1 Å². The van der Waals surface area contributed by atoms with Crippen molar-refractivity contribution in [3.05, 3.63) is 23.3 Å². The second-order valence-corrected chi connectivity index (χ2v) is 5.26. The number of nitrogens with two attached hydrogens (primary N) is 1. The van der Waals surface area contributed by atoms with E-state index in [0.29, 0.717) is 13.2 Å². The highest BCUT2D eigenvalue weighted by Crippen LogP contribution is 2.52. The van der Waals surface area contributed by atoms with E-state index in [4.69, 9.17) is 15.2 Å². The maximum atomic E-state index is 6.12. The lowest BCUT2D eigenvalue weighted by atomic mass is 9.88. The summed E-state index contributed by atoms with van der Waals surface area (Å²) in [5.74, 6) is 1.79. The molecule has 1 unspecified atom stereocenters. The average Bonchev–Trinajstić information content (AvgIpc) is 3.10. The Morgan fingerprint density at radius 3 is 2.59 bits per heavy atom. The first-order valence-corrected chi connectivity index (χ1v) is 6.30.